The van der Waals surface area contributed by atoms with Gasteiger partial charge >= 0.3 is 12.0 Å². The second kappa shape index (κ2) is 6.21. The number of nitrogens with one attached hydrogen (secondary N) is 1. The second-order valence-corrected chi connectivity index (χ2v) is 6.07. The summed E-state index contributed by atoms with van der Waals surface area (Å²) in [5, 5.41) is 14.7. The van der Waals surface area contributed by atoms with Gasteiger partial charge < -0.3 is 15.3 Å². The van der Waals surface area contributed by atoms with E-state index in [9.17, 15) is 9.59 Å². The molecular weight excluding hydrogens is 278 g/mol. The molecule has 1 aromatic rings. The summed E-state index contributed by atoms with van der Waals surface area (Å²) in [5.74, 6) is -1.11. The molecule has 0 bridgehead atoms. The van der Waals surface area contributed by atoms with Gasteiger partial charge in [0.05, 0.1) is 12.0 Å². The predicted molar refractivity (Wildman–Crippen MR) is 75.6 cm³/mol. The first-order valence-electron chi connectivity index (χ1n) is 6.68. The molecular formula is C13H19N3O3S. The average molecular weight is 297 g/mol. The van der Waals surface area contributed by atoms with Crippen molar-refractivity contribution in [1.82, 2.24) is 15.2 Å². The minimum absolute atomic E-state index is 0.0617. The van der Waals surface area contributed by atoms with E-state index in [1.165, 1.54) is 11.3 Å². The topological polar surface area (TPSA) is 82.5 Å². The van der Waals surface area contributed by atoms with E-state index < -0.39 is 5.97 Å². The summed E-state index contributed by atoms with van der Waals surface area (Å²) in [4.78, 5) is 29.1. The van der Waals surface area contributed by atoms with Crippen molar-refractivity contribution < 1.29 is 14.7 Å². The average Bonchev–Trinajstić information content (AvgIpc) is 2.92. The predicted octanol–water partition coefficient (Wildman–Crippen LogP) is 2.10. The molecule has 20 heavy (non-hydrogen) atoms. The lowest BCUT2D eigenvalue weighted by Gasteiger charge is -2.36. The zero-order chi connectivity index (χ0) is 14.7. The summed E-state index contributed by atoms with van der Waals surface area (Å²) in [7, 11) is 0. The van der Waals surface area contributed by atoms with Gasteiger partial charge in [-0.3, -0.25) is 4.79 Å². The maximum absolute atomic E-state index is 12.2. The molecule has 6 nitrogen and oxygen atoms in total. The minimum atomic E-state index is -0.770. The standard InChI is InChI=1S/C13H19N3O3S/c1-8-7-10(12(17)18)3-5-16(8)13(19)15-9(2)11-14-4-6-20-11/h4,6,8-10H,3,5,7H2,1-2H3,(H,15,19)(H,17,18). The fourth-order valence-electron chi connectivity index (χ4n) is 2.48. The van der Waals surface area contributed by atoms with Gasteiger partial charge in [0.15, 0.2) is 0 Å². The number of aliphatic carboxylic acids is 1. The van der Waals surface area contributed by atoms with E-state index in [1.807, 2.05) is 19.2 Å². The van der Waals surface area contributed by atoms with Crippen LogP contribution in [-0.2, 0) is 4.79 Å². The monoisotopic (exact) mass is 297 g/mol. The second-order valence-electron chi connectivity index (χ2n) is 5.14. The van der Waals surface area contributed by atoms with Crippen LogP contribution in [-0.4, -0.2) is 39.6 Å². The molecule has 0 spiro atoms. The third kappa shape index (κ3) is 3.27. The lowest BCUT2D eigenvalue weighted by atomic mass is 9.92. The van der Waals surface area contributed by atoms with E-state index in [0.717, 1.165) is 5.01 Å². The van der Waals surface area contributed by atoms with Crippen LogP contribution >= 0.6 is 11.3 Å². The number of hydrogen-bond donors (Lipinski definition) is 2. The number of carbonyl (C=O) groups excluding carboxylic acids is 1. The normalized spacial score (nSPS) is 24.2. The third-order valence-corrected chi connectivity index (χ3v) is 4.61. The number of carboxylic acid groups (broad SMARTS) is 1. The van der Waals surface area contributed by atoms with Gasteiger partial charge in [-0.1, -0.05) is 0 Å². The van der Waals surface area contributed by atoms with Crippen LogP contribution in [0.5, 0.6) is 0 Å². The van der Waals surface area contributed by atoms with E-state index in [-0.39, 0.29) is 24.0 Å². The van der Waals surface area contributed by atoms with Crippen LogP contribution in [0.1, 0.15) is 37.7 Å². The van der Waals surface area contributed by atoms with Crippen molar-refractivity contribution in [2.24, 2.45) is 5.92 Å². The summed E-state index contributed by atoms with van der Waals surface area (Å²) in [6, 6.07) is -0.343. The van der Waals surface area contributed by atoms with Gasteiger partial charge in [-0.05, 0) is 26.7 Å². The summed E-state index contributed by atoms with van der Waals surface area (Å²) in [6.45, 7) is 4.27. The molecule has 1 aliphatic heterocycles. The number of likely N-dealkylation sites (tertiary alicyclic amines) is 1. The number of urea groups is 1. The highest BCUT2D eigenvalue weighted by atomic mass is 32.1. The highest BCUT2D eigenvalue weighted by molar-refractivity contribution is 7.09. The molecule has 1 fully saturated rings. The number of aromatic nitrogens is 1. The molecule has 1 aliphatic rings. The highest BCUT2D eigenvalue weighted by Gasteiger charge is 2.32. The van der Waals surface area contributed by atoms with Crippen LogP contribution < -0.4 is 5.32 Å². The molecule has 2 rings (SSSR count). The quantitative estimate of drug-likeness (QED) is 0.895. The summed E-state index contributed by atoms with van der Waals surface area (Å²) in [6.07, 6.45) is 2.73. The van der Waals surface area contributed by atoms with Crippen LogP contribution in [0.4, 0.5) is 4.79 Å². The first-order valence-corrected chi connectivity index (χ1v) is 7.56. The number of nitrogens with zero attached hydrogens (tertiary/aromatic N) is 2. The lowest BCUT2D eigenvalue weighted by Crippen LogP contribution is -2.50. The van der Waals surface area contributed by atoms with Gasteiger partial charge in [-0.2, -0.15) is 0 Å². The molecule has 2 amide bonds. The van der Waals surface area contributed by atoms with E-state index in [2.05, 4.69) is 10.3 Å². The molecule has 0 aromatic carbocycles. The van der Waals surface area contributed by atoms with Gasteiger partial charge in [0.2, 0.25) is 0 Å². The number of carboxylic acids is 1. The lowest BCUT2D eigenvalue weighted by molar-refractivity contribution is -0.143. The fraction of sp³-hybridized carbons (Fsp3) is 0.615. The number of carbonyl (C=O) groups is 2. The van der Waals surface area contributed by atoms with Crippen molar-refractivity contribution in [3.05, 3.63) is 16.6 Å². The van der Waals surface area contributed by atoms with Crippen molar-refractivity contribution in [3.63, 3.8) is 0 Å². The number of amides is 2. The minimum Gasteiger partial charge on any atom is -0.481 e. The zero-order valence-electron chi connectivity index (χ0n) is 11.6. The summed E-state index contributed by atoms with van der Waals surface area (Å²) in [5.41, 5.74) is 0. The van der Waals surface area contributed by atoms with Crippen molar-refractivity contribution in [2.45, 2.75) is 38.8 Å². The van der Waals surface area contributed by atoms with Gasteiger partial charge in [0.1, 0.15) is 5.01 Å². The van der Waals surface area contributed by atoms with Crippen molar-refractivity contribution in [1.29, 1.82) is 0 Å². The zero-order valence-corrected chi connectivity index (χ0v) is 12.4. The Bertz CT molecular complexity index is 477. The fourth-order valence-corrected chi connectivity index (χ4v) is 3.12. The molecule has 2 N–H and O–H groups in total. The van der Waals surface area contributed by atoms with E-state index in [1.54, 1.807) is 11.1 Å². The van der Waals surface area contributed by atoms with Gasteiger partial charge in [0.25, 0.3) is 0 Å². The Kier molecular flexibility index (Phi) is 4.59. The van der Waals surface area contributed by atoms with E-state index in [0.29, 0.717) is 19.4 Å². The molecule has 110 valence electrons. The van der Waals surface area contributed by atoms with E-state index >= 15 is 0 Å². The van der Waals surface area contributed by atoms with E-state index in [4.69, 9.17) is 5.11 Å². The Morgan fingerprint density at radius 1 is 1.60 bits per heavy atom. The molecule has 7 heteroatoms. The molecule has 0 aliphatic carbocycles. The Labute approximate surface area is 121 Å². The first-order chi connectivity index (χ1) is 9.49. The Morgan fingerprint density at radius 3 is 2.90 bits per heavy atom. The molecule has 1 saturated heterocycles. The smallest absolute Gasteiger partial charge is 0.318 e. The van der Waals surface area contributed by atoms with Crippen LogP contribution in [0.15, 0.2) is 11.6 Å². The molecule has 0 saturated carbocycles. The molecule has 3 unspecified atom stereocenters. The van der Waals surface area contributed by atoms with Crippen LogP contribution in [0, 0.1) is 5.92 Å². The number of rotatable bonds is 3. The molecule has 2 heterocycles. The Morgan fingerprint density at radius 2 is 2.35 bits per heavy atom. The first kappa shape index (κ1) is 14.8. The molecule has 3 atom stereocenters. The Hall–Kier alpha value is -1.63. The summed E-state index contributed by atoms with van der Waals surface area (Å²) >= 11 is 1.50. The maximum Gasteiger partial charge on any atom is 0.318 e. The Balaban J connectivity index is 1.91. The number of hydrogen-bond acceptors (Lipinski definition) is 4. The van der Waals surface area contributed by atoms with Crippen LogP contribution in [0.25, 0.3) is 0 Å². The van der Waals surface area contributed by atoms with Crippen LogP contribution in [0.3, 0.4) is 0 Å². The highest BCUT2D eigenvalue weighted by Crippen LogP contribution is 2.24. The maximum atomic E-state index is 12.2. The molecule has 0 radical (unpaired) electrons. The van der Waals surface area contributed by atoms with Crippen molar-refractivity contribution in [2.75, 3.05) is 6.54 Å². The SMILES string of the molecule is CC(NC(=O)N1CCC(C(=O)O)CC1C)c1nccs1. The van der Waals surface area contributed by atoms with Crippen molar-refractivity contribution >= 4 is 23.3 Å². The van der Waals surface area contributed by atoms with Gasteiger partial charge in [-0.15, -0.1) is 11.3 Å². The summed E-state index contributed by atoms with van der Waals surface area (Å²) < 4.78 is 0. The van der Waals surface area contributed by atoms with Gasteiger partial charge in [-0.25, -0.2) is 9.78 Å². The molecule has 1 aromatic heterocycles. The van der Waals surface area contributed by atoms with Crippen LogP contribution in [0.2, 0.25) is 0 Å². The number of thiazole rings is 1. The largest absolute Gasteiger partial charge is 0.481 e. The van der Waals surface area contributed by atoms with Gasteiger partial charge in [0, 0.05) is 24.2 Å². The number of piperidine rings is 1. The third-order valence-electron chi connectivity index (χ3n) is 3.65. The van der Waals surface area contributed by atoms with Crippen molar-refractivity contribution in [3.8, 4) is 0 Å².